The van der Waals surface area contributed by atoms with E-state index in [1.165, 1.54) is 11.3 Å². The van der Waals surface area contributed by atoms with Gasteiger partial charge >= 0.3 is 0 Å². The molecule has 2 aromatic carbocycles. The molecule has 32 heavy (non-hydrogen) atoms. The van der Waals surface area contributed by atoms with E-state index >= 15 is 0 Å². The number of nitrogens with zero attached hydrogens (tertiary/aromatic N) is 4. The number of hydrogen-bond donors (Lipinski definition) is 2. The molecule has 2 N–H and O–H groups in total. The summed E-state index contributed by atoms with van der Waals surface area (Å²) in [6, 6.07) is 21.6. The number of hydrogen-bond acceptors (Lipinski definition) is 3. The van der Waals surface area contributed by atoms with Crippen LogP contribution in [-0.4, -0.2) is 41.9 Å². The molecule has 1 saturated heterocycles. The van der Waals surface area contributed by atoms with Gasteiger partial charge in [-0.2, -0.15) is 5.10 Å². The van der Waals surface area contributed by atoms with E-state index in [9.17, 15) is 0 Å². The monoisotopic (exact) mass is 544 g/mol. The number of aromatic nitrogens is 2. The summed E-state index contributed by atoms with van der Waals surface area (Å²) >= 11 is 0. The Morgan fingerprint density at radius 1 is 1.03 bits per heavy atom. The van der Waals surface area contributed by atoms with E-state index in [1.807, 2.05) is 18.7 Å². The summed E-state index contributed by atoms with van der Waals surface area (Å²) in [6.07, 6.45) is 2.19. The first-order valence-corrected chi connectivity index (χ1v) is 11.0. The number of aryl methyl sites for hydroxylation is 2. The minimum absolute atomic E-state index is 0. The SMILES string of the molecule is CN=C(NCc1ccccc1-n1nc(C)cc1C)NC1CCN(c2ccccc2)CC1.I. The number of halogens is 1. The number of para-hydroxylation sites is 2. The zero-order valence-electron chi connectivity index (χ0n) is 19.1. The summed E-state index contributed by atoms with van der Waals surface area (Å²) in [5.74, 6) is 0.848. The molecule has 0 radical (unpaired) electrons. The Labute approximate surface area is 208 Å². The zero-order valence-corrected chi connectivity index (χ0v) is 21.4. The van der Waals surface area contributed by atoms with Crippen molar-refractivity contribution < 1.29 is 0 Å². The van der Waals surface area contributed by atoms with Gasteiger partial charge in [0, 0.05) is 44.1 Å². The molecule has 3 aromatic rings. The van der Waals surface area contributed by atoms with Crippen molar-refractivity contribution in [3.05, 3.63) is 77.6 Å². The Bertz CT molecular complexity index is 1020. The predicted molar refractivity (Wildman–Crippen MR) is 143 cm³/mol. The molecule has 6 nitrogen and oxygen atoms in total. The van der Waals surface area contributed by atoms with Gasteiger partial charge in [0.2, 0.25) is 0 Å². The molecule has 170 valence electrons. The largest absolute Gasteiger partial charge is 0.371 e. The fourth-order valence-electron chi connectivity index (χ4n) is 4.23. The van der Waals surface area contributed by atoms with Gasteiger partial charge < -0.3 is 15.5 Å². The summed E-state index contributed by atoms with van der Waals surface area (Å²) in [5.41, 5.74) is 5.77. The number of nitrogens with one attached hydrogen (secondary N) is 2. The maximum absolute atomic E-state index is 4.65. The Balaban J connectivity index is 0.00000289. The van der Waals surface area contributed by atoms with Crippen LogP contribution >= 0.6 is 24.0 Å². The number of rotatable bonds is 5. The number of aliphatic imine (C=N–C) groups is 1. The van der Waals surface area contributed by atoms with Crippen LogP contribution in [0.25, 0.3) is 5.69 Å². The minimum Gasteiger partial charge on any atom is -0.371 e. The van der Waals surface area contributed by atoms with Crippen molar-refractivity contribution in [1.82, 2.24) is 20.4 Å². The molecular weight excluding hydrogens is 511 g/mol. The van der Waals surface area contributed by atoms with E-state index in [2.05, 4.69) is 93.2 Å². The summed E-state index contributed by atoms with van der Waals surface area (Å²) in [5, 5.41) is 11.8. The number of piperidine rings is 1. The molecule has 0 saturated carbocycles. The number of guanidine groups is 1. The molecule has 4 rings (SSSR count). The smallest absolute Gasteiger partial charge is 0.191 e. The second-order valence-corrected chi connectivity index (χ2v) is 8.13. The Morgan fingerprint density at radius 2 is 1.72 bits per heavy atom. The van der Waals surface area contributed by atoms with Crippen LogP contribution < -0.4 is 15.5 Å². The average Bonchev–Trinajstić information content (AvgIpc) is 3.15. The van der Waals surface area contributed by atoms with E-state index < -0.39 is 0 Å². The van der Waals surface area contributed by atoms with Gasteiger partial charge in [-0.3, -0.25) is 4.99 Å². The van der Waals surface area contributed by atoms with Crippen molar-refractivity contribution in [3.8, 4) is 5.69 Å². The minimum atomic E-state index is 0. The van der Waals surface area contributed by atoms with Crippen molar-refractivity contribution >= 4 is 35.6 Å². The topological polar surface area (TPSA) is 57.5 Å². The summed E-state index contributed by atoms with van der Waals surface area (Å²) in [7, 11) is 1.83. The maximum Gasteiger partial charge on any atom is 0.191 e. The first kappa shape index (κ1) is 24.1. The van der Waals surface area contributed by atoms with Gasteiger partial charge in [0.1, 0.15) is 0 Å². The van der Waals surface area contributed by atoms with Gasteiger partial charge in [0.05, 0.1) is 11.4 Å². The molecule has 0 unspecified atom stereocenters. The highest BCUT2D eigenvalue weighted by atomic mass is 127. The lowest BCUT2D eigenvalue weighted by Crippen LogP contribution is -2.48. The quantitative estimate of drug-likeness (QED) is 0.284. The summed E-state index contributed by atoms with van der Waals surface area (Å²) in [6.45, 7) is 6.92. The summed E-state index contributed by atoms with van der Waals surface area (Å²) < 4.78 is 2.02. The molecule has 0 spiro atoms. The second-order valence-electron chi connectivity index (χ2n) is 8.13. The van der Waals surface area contributed by atoms with Gasteiger partial charge in [-0.1, -0.05) is 36.4 Å². The maximum atomic E-state index is 4.65. The van der Waals surface area contributed by atoms with Crippen molar-refractivity contribution in [2.24, 2.45) is 4.99 Å². The Morgan fingerprint density at radius 3 is 2.38 bits per heavy atom. The fraction of sp³-hybridized carbons (Fsp3) is 0.360. The third-order valence-electron chi connectivity index (χ3n) is 5.86. The van der Waals surface area contributed by atoms with Crippen LogP contribution in [0.1, 0.15) is 29.8 Å². The van der Waals surface area contributed by atoms with Crippen LogP contribution in [-0.2, 0) is 6.54 Å². The highest BCUT2D eigenvalue weighted by molar-refractivity contribution is 14.0. The zero-order chi connectivity index (χ0) is 21.6. The first-order valence-electron chi connectivity index (χ1n) is 11.0. The van der Waals surface area contributed by atoms with Crippen molar-refractivity contribution in [2.75, 3.05) is 25.0 Å². The molecule has 1 aliphatic heterocycles. The molecule has 1 fully saturated rings. The lowest BCUT2D eigenvalue weighted by Gasteiger charge is -2.34. The van der Waals surface area contributed by atoms with Gasteiger partial charge in [-0.05, 0) is 56.5 Å². The van der Waals surface area contributed by atoms with Crippen LogP contribution in [0.5, 0.6) is 0 Å². The first-order chi connectivity index (χ1) is 15.1. The van der Waals surface area contributed by atoms with Gasteiger partial charge in [-0.15, -0.1) is 24.0 Å². The highest BCUT2D eigenvalue weighted by Crippen LogP contribution is 2.20. The average molecular weight is 544 g/mol. The Hall–Kier alpha value is -2.55. The van der Waals surface area contributed by atoms with Gasteiger partial charge in [-0.25, -0.2) is 4.68 Å². The highest BCUT2D eigenvalue weighted by Gasteiger charge is 2.20. The molecule has 0 amide bonds. The predicted octanol–water partition coefficient (Wildman–Crippen LogP) is 4.44. The summed E-state index contributed by atoms with van der Waals surface area (Å²) in [4.78, 5) is 6.91. The van der Waals surface area contributed by atoms with E-state index in [4.69, 9.17) is 0 Å². The molecule has 2 heterocycles. The lowest BCUT2D eigenvalue weighted by atomic mass is 10.0. The lowest BCUT2D eigenvalue weighted by molar-refractivity contribution is 0.461. The van der Waals surface area contributed by atoms with Crippen LogP contribution in [0.15, 0.2) is 65.7 Å². The van der Waals surface area contributed by atoms with E-state index in [-0.39, 0.29) is 24.0 Å². The van der Waals surface area contributed by atoms with Crippen LogP contribution in [0.3, 0.4) is 0 Å². The van der Waals surface area contributed by atoms with Crippen LogP contribution in [0.4, 0.5) is 5.69 Å². The van der Waals surface area contributed by atoms with E-state index in [0.29, 0.717) is 12.6 Å². The van der Waals surface area contributed by atoms with E-state index in [0.717, 1.165) is 49.0 Å². The normalized spacial score (nSPS) is 14.7. The molecule has 1 aromatic heterocycles. The Kier molecular flexibility index (Phi) is 8.55. The van der Waals surface area contributed by atoms with E-state index in [1.54, 1.807) is 0 Å². The molecular formula is C25H33IN6. The van der Waals surface area contributed by atoms with Crippen molar-refractivity contribution in [1.29, 1.82) is 0 Å². The second kappa shape index (κ2) is 11.4. The van der Waals surface area contributed by atoms with Crippen molar-refractivity contribution in [3.63, 3.8) is 0 Å². The molecule has 0 aliphatic carbocycles. The van der Waals surface area contributed by atoms with Gasteiger partial charge in [0.15, 0.2) is 5.96 Å². The van der Waals surface area contributed by atoms with Gasteiger partial charge in [0.25, 0.3) is 0 Å². The molecule has 0 bridgehead atoms. The van der Waals surface area contributed by atoms with Crippen LogP contribution in [0.2, 0.25) is 0 Å². The standard InChI is InChI=1S/C25H32N6.HI/c1-19-17-20(2)31(29-19)24-12-8-7-9-21(24)18-27-25(26-3)28-22-13-15-30(16-14-22)23-10-5-4-6-11-23;/h4-12,17,22H,13-16,18H2,1-3H3,(H2,26,27,28);1H. The number of anilines is 1. The fourth-order valence-corrected chi connectivity index (χ4v) is 4.23. The van der Waals surface area contributed by atoms with Crippen molar-refractivity contribution in [2.45, 2.75) is 39.3 Å². The number of benzene rings is 2. The third kappa shape index (κ3) is 5.82. The third-order valence-corrected chi connectivity index (χ3v) is 5.86. The van der Waals surface area contributed by atoms with Crippen LogP contribution in [0, 0.1) is 13.8 Å². The molecule has 1 aliphatic rings. The molecule has 7 heteroatoms. The molecule has 0 atom stereocenters.